The highest BCUT2D eigenvalue weighted by Gasteiger charge is 1.96. The second-order valence-electron chi connectivity index (χ2n) is 2.63. The summed E-state index contributed by atoms with van der Waals surface area (Å²) in [4.78, 5) is 14.4. The molecule has 1 heterocycles. The second kappa shape index (κ2) is 5.76. The minimum Gasteiger partial charge on any atom is -0.465 e. The molecule has 0 aliphatic rings. The Balaban J connectivity index is 2.55. The molecule has 4 heteroatoms. The van der Waals surface area contributed by atoms with E-state index in [9.17, 15) is 9.18 Å². The number of halogens is 1. The molecule has 0 amide bonds. The fourth-order valence-corrected chi connectivity index (χ4v) is 0.897. The predicted molar refractivity (Wildman–Crippen MR) is 52.3 cm³/mol. The number of pyridine rings is 1. The molecule has 0 aliphatic heterocycles. The highest BCUT2D eigenvalue weighted by Crippen LogP contribution is 1.95. The number of carbonyl (C=O) groups is 1. The van der Waals surface area contributed by atoms with Gasteiger partial charge in [-0.3, -0.25) is 4.79 Å². The lowest BCUT2D eigenvalue weighted by Crippen LogP contribution is -2.01. The van der Waals surface area contributed by atoms with E-state index in [0.717, 1.165) is 0 Å². The number of hydrogen-bond acceptors (Lipinski definition) is 3. The fourth-order valence-electron chi connectivity index (χ4n) is 0.897. The van der Waals surface area contributed by atoms with Crippen LogP contribution in [-0.4, -0.2) is 17.6 Å². The molecule has 15 heavy (non-hydrogen) atoms. The van der Waals surface area contributed by atoms with E-state index in [4.69, 9.17) is 0 Å². The van der Waals surface area contributed by atoms with Gasteiger partial charge in [-0.25, -0.2) is 4.98 Å². The molecule has 0 bridgehead atoms. The maximum absolute atomic E-state index is 12.6. The van der Waals surface area contributed by atoms with Gasteiger partial charge in [0, 0.05) is 0 Å². The van der Waals surface area contributed by atoms with E-state index < -0.39 is 5.95 Å². The van der Waals surface area contributed by atoms with Crippen molar-refractivity contribution in [2.75, 3.05) is 6.61 Å². The van der Waals surface area contributed by atoms with E-state index in [1.54, 1.807) is 13.0 Å². The molecule has 0 fully saturated rings. The Labute approximate surface area is 87.3 Å². The van der Waals surface area contributed by atoms with Gasteiger partial charge >= 0.3 is 5.97 Å². The van der Waals surface area contributed by atoms with Crippen molar-refractivity contribution in [1.29, 1.82) is 0 Å². The molecule has 0 unspecified atom stereocenters. The Kier molecular flexibility index (Phi) is 4.30. The van der Waals surface area contributed by atoms with Crippen LogP contribution in [0.15, 0.2) is 18.2 Å². The van der Waals surface area contributed by atoms with E-state index >= 15 is 0 Å². The molecule has 0 saturated heterocycles. The quantitative estimate of drug-likeness (QED) is 0.419. The summed E-state index contributed by atoms with van der Waals surface area (Å²) in [5.41, 5.74) is 0.305. The number of aromatic nitrogens is 1. The third-order valence-electron chi connectivity index (χ3n) is 1.47. The Morgan fingerprint density at radius 1 is 1.60 bits per heavy atom. The number of nitrogens with zero attached hydrogens (tertiary/aromatic N) is 1. The number of hydrogen-bond donors (Lipinski definition) is 0. The predicted octanol–water partition coefficient (Wildman–Crippen LogP) is 1.53. The first kappa shape index (κ1) is 11.2. The van der Waals surface area contributed by atoms with E-state index in [-0.39, 0.29) is 12.4 Å². The molecule has 0 atom stereocenters. The van der Waals surface area contributed by atoms with Crippen LogP contribution in [-0.2, 0) is 9.53 Å². The SMILES string of the molecule is CCOC(=O)CC#Cc1cccc(F)n1. The largest absolute Gasteiger partial charge is 0.465 e. The molecule has 0 radical (unpaired) electrons. The summed E-state index contributed by atoms with van der Waals surface area (Å²) < 4.78 is 17.3. The van der Waals surface area contributed by atoms with Gasteiger partial charge in [0.05, 0.1) is 6.61 Å². The van der Waals surface area contributed by atoms with Crippen LogP contribution >= 0.6 is 0 Å². The number of esters is 1. The minimum atomic E-state index is -0.585. The highest BCUT2D eigenvalue weighted by atomic mass is 19.1. The number of carbonyl (C=O) groups excluding carboxylic acids is 1. The highest BCUT2D eigenvalue weighted by molar-refractivity contribution is 5.72. The molecule has 78 valence electrons. The molecule has 0 aliphatic carbocycles. The standard InChI is InChI=1S/C11H10FNO2/c1-2-15-11(14)8-4-6-9-5-3-7-10(12)13-9/h3,5,7H,2,8H2,1H3. The Morgan fingerprint density at radius 3 is 3.07 bits per heavy atom. The van der Waals surface area contributed by atoms with Crippen LogP contribution < -0.4 is 0 Å². The van der Waals surface area contributed by atoms with Crippen molar-refractivity contribution < 1.29 is 13.9 Å². The van der Waals surface area contributed by atoms with Gasteiger partial charge in [0.15, 0.2) is 0 Å². The molecule has 3 nitrogen and oxygen atoms in total. The van der Waals surface area contributed by atoms with E-state index in [2.05, 4.69) is 21.6 Å². The average Bonchev–Trinajstić information content (AvgIpc) is 2.18. The molecule has 0 saturated carbocycles. The van der Waals surface area contributed by atoms with Crippen LogP contribution in [0.4, 0.5) is 4.39 Å². The van der Waals surface area contributed by atoms with Crippen LogP contribution in [0, 0.1) is 17.8 Å². The van der Waals surface area contributed by atoms with Crippen molar-refractivity contribution in [2.45, 2.75) is 13.3 Å². The minimum absolute atomic E-state index is 0.00790. The van der Waals surface area contributed by atoms with Crippen LogP contribution in [0.25, 0.3) is 0 Å². The third-order valence-corrected chi connectivity index (χ3v) is 1.47. The van der Waals surface area contributed by atoms with Crippen LogP contribution in [0.1, 0.15) is 19.0 Å². The maximum Gasteiger partial charge on any atom is 0.317 e. The summed E-state index contributed by atoms with van der Waals surface area (Å²) in [5, 5.41) is 0. The smallest absolute Gasteiger partial charge is 0.317 e. The summed E-state index contributed by atoms with van der Waals surface area (Å²) in [5.74, 6) is 4.16. The zero-order valence-corrected chi connectivity index (χ0v) is 8.29. The third kappa shape index (κ3) is 4.23. The van der Waals surface area contributed by atoms with Gasteiger partial charge < -0.3 is 4.74 Å². The average molecular weight is 207 g/mol. The summed E-state index contributed by atoms with van der Waals surface area (Å²) in [6, 6.07) is 4.31. The molecule has 1 rings (SSSR count). The van der Waals surface area contributed by atoms with Crippen molar-refractivity contribution in [3.63, 3.8) is 0 Å². The van der Waals surface area contributed by atoms with Gasteiger partial charge in [-0.1, -0.05) is 12.0 Å². The molecular weight excluding hydrogens is 197 g/mol. The van der Waals surface area contributed by atoms with Crippen molar-refractivity contribution in [3.05, 3.63) is 29.8 Å². The van der Waals surface area contributed by atoms with Crippen LogP contribution in [0.5, 0.6) is 0 Å². The summed E-state index contributed by atoms with van der Waals surface area (Å²) in [6.45, 7) is 2.05. The summed E-state index contributed by atoms with van der Waals surface area (Å²) in [7, 11) is 0. The lowest BCUT2D eigenvalue weighted by atomic mass is 10.3. The van der Waals surface area contributed by atoms with Crippen LogP contribution in [0.3, 0.4) is 0 Å². The second-order valence-corrected chi connectivity index (χ2v) is 2.63. The summed E-state index contributed by atoms with van der Waals surface area (Å²) >= 11 is 0. The van der Waals surface area contributed by atoms with Crippen LogP contribution in [0.2, 0.25) is 0 Å². The van der Waals surface area contributed by atoms with E-state index in [0.29, 0.717) is 12.3 Å². The lowest BCUT2D eigenvalue weighted by molar-refractivity contribution is -0.141. The van der Waals surface area contributed by atoms with Gasteiger partial charge in [-0.05, 0) is 25.0 Å². The van der Waals surface area contributed by atoms with E-state index in [1.165, 1.54) is 12.1 Å². The van der Waals surface area contributed by atoms with Gasteiger partial charge in [0.1, 0.15) is 12.1 Å². The Hall–Kier alpha value is -1.89. The maximum atomic E-state index is 12.6. The zero-order valence-electron chi connectivity index (χ0n) is 8.29. The van der Waals surface area contributed by atoms with Crippen molar-refractivity contribution in [3.8, 4) is 11.8 Å². The van der Waals surface area contributed by atoms with Gasteiger partial charge in [-0.2, -0.15) is 4.39 Å². The van der Waals surface area contributed by atoms with Gasteiger partial charge in [0.2, 0.25) is 5.95 Å². The topological polar surface area (TPSA) is 39.2 Å². The monoisotopic (exact) mass is 207 g/mol. The van der Waals surface area contributed by atoms with Gasteiger partial charge in [-0.15, -0.1) is 0 Å². The Morgan fingerprint density at radius 2 is 2.40 bits per heavy atom. The fraction of sp³-hybridized carbons (Fsp3) is 0.273. The van der Waals surface area contributed by atoms with Gasteiger partial charge in [0.25, 0.3) is 0 Å². The molecule has 0 N–H and O–H groups in total. The first-order valence-electron chi connectivity index (χ1n) is 4.49. The lowest BCUT2D eigenvalue weighted by Gasteiger charge is -1.94. The first-order valence-corrected chi connectivity index (χ1v) is 4.49. The number of ether oxygens (including phenoxy) is 1. The zero-order chi connectivity index (χ0) is 11.1. The molecule has 0 aromatic carbocycles. The van der Waals surface area contributed by atoms with Crippen molar-refractivity contribution in [1.82, 2.24) is 4.98 Å². The molecule has 1 aromatic rings. The normalized spacial score (nSPS) is 8.93. The van der Waals surface area contributed by atoms with Crippen molar-refractivity contribution in [2.24, 2.45) is 0 Å². The van der Waals surface area contributed by atoms with Crippen molar-refractivity contribution >= 4 is 5.97 Å². The summed E-state index contributed by atoms with van der Waals surface area (Å²) in [6.07, 6.45) is -0.00790. The molecular formula is C11H10FNO2. The first-order chi connectivity index (χ1) is 7.22. The Bertz CT molecular complexity index is 407. The molecule has 0 spiro atoms. The molecule has 1 aromatic heterocycles. The number of rotatable bonds is 2. The van der Waals surface area contributed by atoms with E-state index in [1.807, 2.05) is 0 Å².